The molecule has 0 aromatic carbocycles. The van der Waals surface area contributed by atoms with Crippen LogP contribution in [-0.4, -0.2) is 25.7 Å². The van der Waals surface area contributed by atoms with Gasteiger partial charge in [-0.3, -0.25) is 4.79 Å². The molecule has 1 fully saturated rings. The fourth-order valence-electron chi connectivity index (χ4n) is 2.74. The quantitative estimate of drug-likeness (QED) is 0.550. The van der Waals surface area contributed by atoms with Crippen LogP contribution >= 0.6 is 0 Å². The van der Waals surface area contributed by atoms with E-state index in [9.17, 15) is 4.79 Å². The lowest BCUT2D eigenvalue weighted by atomic mass is 9.93. The van der Waals surface area contributed by atoms with E-state index in [1.54, 1.807) is 0 Å². The Morgan fingerprint density at radius 3 is 2.94 bits per heavy atom. The maximum atomic E-state index is 11.9. The first-order chi connectivity index (χ1) is 7.81. The van der Waals surface area contributed by atoms with Gasteiger partial charge in [0.15, 0.2) is 0 Å². The molecule has 0 spiro atoms. The molecule has 90 valence electrons. The van der Waals surface area contributed by atoms with Crippen molar-refractivity contribution in [3.05, 3.63) is 12.2 Å². The van der Waals surface area contributed by atoms with Crippen LogP contribution in [0.25, 0.3) is 0 Å². The second-order valence-corrected chi connectivity index (χ2v) is 4.73. The molecule has 2 bridgehead atoms. The van der Waals surface area contributed by atoms with Crippen molar-refractivity contribution >= 4 is 5.91 Å². The van der Waals surface area contributed by atoms with Crippen molar-refractivity contribution in [2.24, 2.45) is 17.8 Å². The number of rotatable bonds is 6. The standard InChI is InChI=1S/C13H21NO2/c1-2-16-7-3-6-14-13(15)12-9-10-4-5-11(12)8-10/h4-5,10-12H,2-3,6-9H2,1H3,(H,14,15). The Morgan fingerprint density at radius 2 is 2.31 bits per heavy atom. The van der Waals surface area contributed by atoms with Crippen molar-refractivity contribution in [1.29, 1.82) is 0 Å². The Labute approximate surface area is 97.2 Å². The second kappa shape index (κ2) is 5.48. The summed E-state index contributed by atoms with van der Waals surface area (Å²) in [5, 5.41) is 3.02. The van der Waals surface area contributed by atoms with Crippen LogP contribution in [0.5, 0.6) is 0 Å². The number of hydrogen-bond acceptors (Lipinski definition) is 2. The fraction of sp³-hybridized carbons (Fsp3) is 0.769. The molecule has 2 aliphatic rings. The molecule has 0 aromatic heterocycles. The Morgan fingerprint density at radius 1 is 1.44 bits per heavy atom. The molecule has 0 saturated heterocycles. The zero-order valence-electron chi connectivity index (χ0n) is 9.95. The molecule has 3 unspecified atom stereocenters. The molecule has 2 aliphatic carbocycles. The van der Waals surface area contributed by atoms with Crippen molar-refractivity contribution in [2.75, 3.05) is 19.8 Å². The van der Waals surface area contributed by atoms with Crippen LogP contribution in [0.2, 0.25) is 0 Å². The summed E-state index contributed by atoms with van der Waals surface area (Å²) >= 11 is 0. The van der Waals surface area contributed by atoms with Crippen molar-refractivity contribution in [3.8, 4) is 0 Å². The first-order valence-electron chi connectivity index (χ1n) is 6.35. The van der Waals surface area contributed by atoms with Crippen LogP contribution in [0.15, 0.2) is 12.2 Å². The van der Waals surface area contributed by atoms with E-state index in [1.807, 2.05) is 6.92 Å². The Bertz CT molecular complexity index is 275. The van der Waals surface area contributed by atoms with Gasteiger partial charge in [0.1, 0.15) is 0 Å². The maximum Gasteiger partial charge on any atom is 0.223 e. The molecule has 3 nitrogen and oxygen atoms in total. The minimum absolute atomic E-state index is 0.238. The van der Waals surface area contributed by atoms with Crippen molar-refractivity contribution in [1.82, 2.24) is 5.32 Å². The SMILES string of the molecule is CCOCCCNC(=O)C1CC2C=CC1C2. The van der Waals surface area contributed by atoms with Gasteiger partial charge in [0.05, 0.1) is 0 Å². The number of ether oxygens (including phenoxy) is 1. The summed E-state index contributed by atoms with van der Waals surface area (Å²) in [5.74, 6) is 1.66. The monoisotopic (exact) mass is 223 g/mol. The third kappa shape index (κ3) is 2.64. The van der Waals surface area contributed by atoms with Gasteiger partial charge in [-0.05, 0) is 38.0 Å². The lowest BCUT2D eigenvalue weighted by Crippen LogP contribution is -2.33. The predicted octanol–water partition coefficient (Wildman–Crippen LogP) is 1.74. The van der Waals surface area contributed by atoms with Crippen molar-refractivity contribution < 1.29 is 9.53 Å². The summed E-state index contributed by atoms with van der Waals surface area (Å²) in [4.78, 5) is 11.9. The lowest BCUT2D eigenvalue weighted by Gasteiger charge is -2.17. The molecule has 3 atom stereocenters. The molecule has 0 aliphatic heterocycles. The highest BCUT2D eigenvalue weighted by Gasteiger charge is 2.39. The highest BCUT2D eigenvalue weighted by atomic mass is 16.5. The number of allylic oxidation sites excluding steroid dienone is 2. The molecule has 1 saturated carbocycles. The number of nitrogens with one attached hydrogen (secondary N) is 1. The van der Waals surface area contributed by atoms with Gasteiger partial charge >= 0.3 is 0 Å². The first-order valence-corrected chi connectivity index (χ1v) is 6.35. The van der Waals surface area contributed by atoms with Crippen molar-refractivity contribution in [3.63, 3.8) is 0 Å². The fourth-order valence-corrected chi connectivity index (χ4v) is 2.74. The first kappa shape index (κ1) is 11.6. The van der Waals surface area contributed by atoms with E-state index in [4.69, 9.17) is 4.74 Å². The average Bonchev–Trinajstić information content (AvgIpc) is 2.90. The molecule has 0 aromatic rings. The maximum absolute atomic E-state index is 11.9. The molecule has 16 heavy (non-hydrogen) atoms. The summed E-state index contributed by atoms with van der Waals surface area (Å²) in [6.07, 6.45) is 7.65. The molecular formula is C13H21NO2. The van der Waals surface area contributed by atoms with E-state index in [-0.39, 0.29) is 11.8 Å². The summed E-state index contributed by atoms with van der Waals surface area (Å²) in [6.45, 7) is 4.23. The van der Waals surface area contributed by atoms with Crippen LogP contribution in [-0.2, 0) is 9.53 Å². The molecule has 1 amide bonds. The molecule has 1 N–H and O–H groups in total. The zero-order valence-corrected chi connectivity index (χ0v) is 9.95. The molecule has 0 heterocycles. The summed E-state index contributed by atoms with van der Waals surface area (Å²) < 4.78 is 5.23. The predicted molar refractivity (Wildman–Crippen MR) is 63.0 cm³/mol. The minimum atomic E-state index is 0.238. The third-order valence-corrected chi connectivity index (χ3v) is 3.58. The molecule has 3 heteroatoms. The van der Waals surface area contributed by atoms with Crippen LogP contribution in [0.4, 0.5) is 0 Å². The highest BCUT2D eigenvalue weighted by Crippen LogP contribution is 2.43. The Hall–Kier alpha value is -0.830. The van der Waals surface area contributed by atoms with E-state index >= 15 is 0 Å². The van der Waals surface area contributed by atoms with E-state index in [0.29, 0.717) is 11.8 Å². The largest absolute Gasteiger partial charge is 0.382 e. The minimum Gasteiger partial charge on any atom is -0.382 e. The molecular weight excluding hydrogens is 202 g/mol. The molecule has 2 rings (SSSR count). The summed E-state index contributed by atoms with van der Waals surface area (Å²) in [7, 11) is 0. The van der Waals surface area contributed by atoms with Crippen LogP contribution in [0.3, 0.4) is 0 Å². The highest BCUT2D eigenvalue weighted by molar-refractivity contribution is 5.79. The summed E-state index contributed by atoms with van der Waals surface area (Å²) in [6, 6.07) is 0. The van der Waals surface area contributed by atoms with Gasteiger partial charge in [-0.1, -0.05) is 12.2 Å². The van der Waals surface area contributed by atoms with Gasteiger partial charge in [0.25, 0.3) is 0 Å². The van der Waals surface area contributed by atoms with E-state index in [0.717, 1.165) is 32.6 Å². The van der Waals surface area contributed by atoms with Crippen LogP contribution in [0.1, 0.15) is 26.2 Å². The Balaban J connectivity index is 1.63. The number of amides is 1. The van der Waals surface area contributed by atoms with E-state index in [1.165, 1.54) is 6.42 Å². The molecule has 0 radical (unpaired) electrons. The zero-order chi connectivity index (χ0) is 11.4. The van der Waals surface area contributed by atoms with Gasteiger partial charge in [0.2, 0.25) is 5.91 Å². The van der Waals surface area contributed by atoms with E-state index in [2.05, 4.69) is 17.5 Å². The number of hydrogen-bond donors (Lipinski definition) is 1. The van der Waals surface area contributed by atoms with Crippen LogP contribution in [0, 0.1) is 17.8 Å². The van der Waals surface area contributed by atoms with Gasteiger partial charge in [-0.15, -0.1) is 0 Å². The van der Waals surface area contributed by atoms with Gasteiger partial charge < -0.3 is 10.1 Å². The van der Waals surface area contributed by atoms with Crippen LogP contribution < -0.4 is 5.32 Å². The number of fused-ring (bicyclic) bond motifs is 2. The average molecular weight is 223 g/mol. The lowest BCUT2D eigenvalue weighted by molar-refractivity contribution is -0.125. The number of carbonyl (C=O) groups is 1. The van der Waals surface area contributed by atoms with Crippen molar-refractivity contribution in [2.45, 2.75) is 26.2 Å². The topological polar surface area (TPSA) is 38.3 Å². The Kier molecular flexibility index (Phi) is 3.99. The van der Waals surface area contributed by atoms with Gasteiger partial charge in [-0.2, -0.15) is 0 Å². The smallest absolute Gasteiger partial charge is 0.223 e. The number of carbonyl (C=O) groups excluding carboxylic acids is 1. The third-order valence-electron chi connectivity index (χ3n) is 3.58. The summed E-state index contributed by atoms with van der Waals surface area (Å²) in [5.41, 5.74) is 0. The van der Waals surface area contributed by atoms with Gasteiger partial charge in [-0.25, -0.2) is 0 Å². The van der Waals surface area contributed by atoms with E-state index < -0.39 is 0 Å². The second-order valence-electron chi connectivity index (χ2n) is 4.73. The normalized spacial score (nSPS) is 30.9. The van der Waals surface area contributed by atoms with Gasteiger partial charge in [0, 0.05) is 25.7 Å².